The molecule has 0 aliphatic rings. The second-order valence-corrected chi connectivity index (χ2v) is 6.72. The molecule has 0 atom stereocenters. The topological polar surface area (TPSA) is 22.8 Å². The van der Waals surface area contributed by atoms with Gasteiger partial charge in [0.1, 0.15) is 12.1 Å². The van der Waals surface area contributed by atoms with Gasteiger partial charge in [0.25, 0.3) is 0 Å². The van der Waals surface area contributed by atoms with Gasteiger partial charge in [-0.05, 0) is 68.9 Å². The quantitative estimate of drug-likeness (QED) is 0.561. The molecular weight excluding hydrogens is 294 g/mol. The average Bonchev–Trinajstić information content (AvgIpc) is 3.19. The van der Waals surface area contributed by atoms with Crippen LogP contribution in [0.5, 0.6) is 0 Å². The maximum Gasteiger partial charge on any atom is 0.117 e. The summed E-state index contributed by atoms with van der Waals surface area (Å²) in [5, 5.41) is 0. The Morgan fingerprint density at radius 2 is 1.75 bits per heavy atom. The summed E-state index contributed by atoms with van der Waals surface area (Å²) < 4.78 is 4.38. The molecule has 0 radical (unpaired) electrons. The molecule has 0 N–H and O–H groups in total. The molecule has 0 saturated carbocycles. The first-order valence-electron chi connectivity index (χ1n) is 8.85. The van der Waals surface area contributed by atoms with Crippen LogP contribution in [0.15, 0.2) is 49.2 Å². The van der Waals surface area contributed by atoms with Gasteiger partial charge in [0.2, 0.25) is 0 Å². The zero-order valence-corrected chi connectivity index (χ0v) is 15.0. The first-order chi connectivity index (χ1) is 11.6. The highest BCUT2D eigenvalue weighted by atomic mass is 15.2. The van der Waals surface area contributed by atoms with Gasteiger partial charge in [0, 0.05) is 25.1 Å². The van der Waals surface area contributed by atoms with E-state index in [-0.39, 0.29) is 0 Å². The van der Waals surface area contributed by atoms with Gasteiger partial charge in [-0.3, -0.25) is 4.57 Å². The Morgan fingerprint density at radius 3 is 2.46 bits per heavy atom. The number of aryl methyl sites for hydroxylation is 4. The Morgan fingerprint density at radius 1 is 0.958 bits per heavy atom. The zero-order chi connectivity index (χ0) is 16.9. The van der Waals surface area contributed by atoms with Crippen molar-refractivity contribution in [3.8, 4) is 5.82 Å². The minimum absolute atomic E-state index is 1.06. The van der Waals surface area contributed by atoms with Crippen molar-refractivity contribution in [3.05, 3.63) is 71.4 Å². The van der Waals surface area contributed by atoms with Gasteiger partial charge in [0.15, 0.2) is 0 Å². The van der Waals surface area contributed by atoms with E-state index >= 15 is 0 Å². The molecule has 2 heterocycles. The summed E-state index contributed by atoms with van der Waals surface area (Å²) >= 11 is 0. The second kappa shape index (κ2) is 7.52. The van der Waals surface area contributed by atoms with E-state index in [1.807, 2.05) is 18.7 Å². The van der Waals surface area contributed by atoms with Gasteiger partial charge in [-0.15, -0.1) is 0 Å². The van der Waals surface area contributed by atoms with Crippen LogP contribution in [0.3, 0.4) is 0 Å². The molecule has 0 fully saturated rings. The van der Waals surface area contributed by atoms with Gasteiger partial charge in [-0.25, -0.2) is 4.98 Å². The van der Waals surface area contributed by atoms with Gasteiger partial charge in [-0.2, -0.15) is 0 Å². The second-order valence-electron chi connectivity index (χ2n) is 6.72. The molecule has 0 saturated heterocycles. The maximum atomic E-state index is 4.13. The number of benzene rings is 1. The van der Waals surface area contributed by atoms with Crippen LogP contribution in [-0.4, -0.2) is 14.1 Å². The predicted molar refractivity (Wildman–Crippen MR) is 99.8 cm³/mol. The van der Waals surface area contributed by atoms with Crippen LogP contribution in [0, 0.1) is 20.8 Å². The summed E-state index contributed by atoms with van der Waals surface area (Å²) in [6, 6.07) is 8.86. The summed E-state index contributed by atoms with van der Waals surface area (Å²) in [7, 11) is 0. The summed E-state index contributed by atoms with van der Waals surface area (Å²) in [6.07, 6.45) is 12.7. The smallest absolute Gasteiger partial charge is 0.117 e. The standard InChI is InChI=1S/C21H27N3/c1-17-14-18(2)20(19(3)15-17)8-5-4-6-11-23-12-7-9-21(23)24-13-10-22-16-24/h7,9-10,12-16H,4-6,8,11H2,1-3H3. The SMILES string of the molecule is Cc1cc(C)c(CCCCCn2cccc2-n2ccnc2)c(C)c1. The van der Waals surface area contributed by atoms with E-state index < -0.39 is 0 Å². The number of unbranched alkanes of at least 4 members (excludes halogenated alkanes) is 2. The van der Waals surface area contributed by atoms with Crippen molar-refractivity contribution in [2.75, 3.05) is 0 Å². The Bertz CT molecular complexity index is 758. The molecule has 0 bridgehead atoms. The van der Waals surface area contributed by atoms with Crippen molar-refractivity contribution >= 4 is 0 Å². The van der Waals surface area contributed by atoms with Crippen LogP contribution in [0.25, 0.3) is 5.82 Å². The van der Waals surface area contributed by atoms with Crippen molar-refractivity contribution in [1.82, 2.24) is 14.1 Å². The lowest BCUT2D eigenvalue weighted by Crippen LogP contribution is -2.04. The maximum absolute atomic E-state index is 4.13. The van der Waals surface area contributed by atoms with E-state index in [0.29, 0.717) is 0 Å². The van der Waals surface area contributed by atoms with Crippen molar-refractivity contribution < 1.29 is 0 Å². The Labute approximate surface area is 145 Å². The Hall–Kier alpha value is -2.29. The minimum Gasteiger partial charge on any atom is -0.334 e. The number of imidazole rings is 1. The van der Waals surface area contributed by atoms with E-state index in [2.05, 4.69) is 65.4 Å². The molecule has 3 aromatic rings. The highest BCUT2D eigenvalue weighted by molar-refractivity contribution is 5.37. The fourth-order valence-corrected chi connectivity index (χ4v) is 3.59. The molecule has 24 heavy (non-hydrogen) atoms. The molecule has 2 aromatic heterocycles. The first kappa shape index (κ1) is 16.6. The first-order valence-corrected chi connectivity index (χ1v) is 8.85. The lowest BCUT2D eigenvalue weighted by molar-refractivity contribution is 0.580. The number of hydrogen-bond donors (Lipinski definition) is 0. The van der Waals surface area contributed by atoms with Crippen molar-refractivity contribution in [2.45, 2.75) is 53.0 Å². The number of rotatable bonds is 7. The van der Waals surface area contributed by atoms with E-state index in [4.69, 9.17) is 0 Å². The highest BCUT2D eigenvalue weighted by Gasteiger charge is 2.05. The van der Waals surface area contributed by atoms with Gasteiger partial charge in [0.05, 0.1) is 0 Å². The predicted octanol–water partition coefficient (Wildman–Crippen LogP) is 5.01. The molecule has 3 nitrogen and oxygen atoms in total. The minimum atomic E-state index is 1.06. The molecule has 0 aliphatic heterocycles. The largest absolute Gasteiger partial charge is 0.334 e. The van der Waals surface area contributed by atoms with Crippen LogP contribution >= 0.6 is 0 Å². The molecule has 3 rings (SSSR count). The van der Waals surface area contributed by atoms with Crippen molar-refractivity contribution in [1.29, 1.82) is 0 Å². The van der Waals surface area contributed by atoms with E-state index in [1.54, 1.807) is 5.56 Å². The number of nitrogens with zero attached hydrogens (tertiary/aromatic N) is 3. The van der Waals surface area contributed by atoms with Gasteiger partial charge in [-0.1, -0.05) is 24.1 Å². The Balaban J connectivity index is 1.50. The van der Waals surface area contributed by atoms with Crippen molar-refractivity contribution in [2.24, 2.45) is 0 Å². The monoisotopic (exact) mass is 321 g/mol. The third kappa shape index (κ3) is 3.78. The Kier molecular flexibility index (Phi) is 5.19. The molecule has 0 spiro atoms. The van der Waals surface area contributed by atoms with Crippen LogP contribution < -0.4 is 0 Å². The fourth-order valence-electron chi connectivity index (χ4n) is 3.59. The molecule has 126 valence electrons. The summed E-state index contributed by atoms with van der Waals surface area (Å²) in [5.74, 6) is 1.19. The lowest BCUT2D eigenvalue weighted by atomic mass is 9.95. The number of aromatic nitrogens is 3. The van der Waals surface area contributed by atoms with E-state index in [9.17, 15) is 0 Å². The highest BCUT2D eigenvalue weighted by Crippen LogP contribution is 2.19. The fraction of sp³-hybridized carbons (Fsp3) is 0.381. The van der Waals surface area contributed by atoms with Gasteiger partial charge < -0.3 is 4.57 Å². The molecule has 1 aromatic carbocycles. The normalized spacial score (nSPS) is 11.1. The van der Waals surface area contributed by atoms with Gasteiger partial charge >= 0.3 is 0 Å². The summed E-state index contributed by atoms with van der Waals surface area (Å²) in [4.78, 5) is 4.13. The zero-order valence-electron chi connectivity index (χ0n) is 15.0. The van der Waals surface area contributed by atoms with E-state index in [0.717, 1.165) is 6.54 Å². The molecule has 3 heteroatoms. The van der Waals surface area contributed by atoms with Crippen molar-refractivity contribution in [3.63, 3.8) is 0 Å². The van der Waals surface area contributed by atoms with E-state index in [1.165, 1.54) is 48.2 Å². The van der Waals surface area contributed by atoms with Crippen LogP contribution in [0.2, 0.25) is 0 Å². The molecule has 0 amide bonds. The number of hydrogen-bond acceptors (Lipinski definition) is 1. The molecule has 0 unspecified atom stereocenters. The van der Waals surface area contributed by atoms with Crippen LogP contribution in [0.1, 0.15) is 41.5 Å². The molecule has 0 aliphatic carbocycles. The average molecular weight is 321 g/mol. The third-order valence-electron chi connectivity index (χ3n) is 4.74. The summed E-state index contributed by atoms with van der Waals surface area (Å²) in [5.41, 5.74) is 5.80. The van der Waals surface area contributed by atoms with Crippen LogP contribution in [0.4, 0.5) is 0 Å². The lowest BCUT2D eigenvalue weighted by Gasteiger charge is -2.12. The third-order valence-corrected chi connectivity index (χ3v) is 4.74. The molecular formula is C21H27N3. The summed E-state index contributed by atoms with van der Waals surface area (Å²) in [6.45, 7) is 7.73. The van der Waals surface area contributed by atoms with Crippen LogP contribution in [-0.2, 0) is 13.0 Å².